The van der Waals surface area contributed by atoms with E-state index in [1.54, 1.807) is 23.5 Å². The number of hydrogen-bond donors (Lipinski definition) is 1. The van der Waals surface area contributed by atoms with Crippen LogP contribution in [0.4, 0.5) is 5.69 Å². The molecule has 0 saturated carbocycles. The summed E-state index contributed by atoms with van der Waals surface area (Å²) in [6, 6.07) is 9.54. The lowest BCUT2D eigenvalue weighted by molar-refractivity contribution is 0.604. The molecule has 0 amide bonds. The highest BCUT2D eigenvalue weighted by molar-refractivity contribution is 7.09. The Morgan fingerprint density at radius 2 is 2.00 bits per heavy atom. The highest BCUT2D eigenvalue weighted by Crippen LogP contribution is 2.27. The summed E-state index contributed by atoms with van der Waals surface area (Å²) in [7, 11) is 0. The fourth-order valence-electron chi connectivity index (χ4n) is 1.57. The quantitative estimate of drug-likeness (QED) is 0.899. The number of anilines is 1. The van der Waals surface area contributed by atoms with Crippen LogP contribution in [0, 0.1) is 11.3 Å². The van der Waals surface area contributed by atoms with E-state index in [-0.39, 0.29) is 5.54 Å². The fourth-order valence-corrected chi connectivity index (χ4v) is 2.29. The molecule has 17 heavy (non-hydrogen) atoms. The molecule has 0 aliphatic heterocycles. The van der Waals surface area contributed by atoms with Crippen molar-refractivity contribution in [2.45, 2.75) is 19.4 Å². The summed E-state index contributed by atoms with van der Waals surface area (Å²) >= 11 is 1.63. The van der Waals surface area contributed by atoms with Crippen LogP contribution < -0.4 is 5.32 Å². The molecule has 3 nitrogen and oxygen atoms in total. The van der Waals surface area contributed by atoms with Crippen LogP contribution in [0.1, 0.15) is 24.4 Å². The molecule has 0 spiro atoms. The normalized spacial score (nSPS) is 10.9. The molecule has 1 aromatic carbocycles. The van der Waals surface area contributed by atoms with Crippen molar-refractivity contribution in [1.82, 2.24) is 4.98 Å². The first-order chi connectivity index (χ1) is 8.12. The van der Waals surface area contributed by atoms with Gasteiger partial charge in [-0.2, -0.15) is 5.26 Å². The minimum atomic E-state index is -0.206. The van der Waals surface area contributed by atoms with E-state index in [4.69, 9.17) is 5.26 Å². The molecule has 2 rings (SSSR count). The van der Waals surface area contributed by atoms with Gasteiger partial charge in [-0.1, -0.05) is 0 Å². The van der Waals surface area contributed by atoms with E-state index < -0.39 is 0 Å². The largest absolute Gasteiger partial charge is 0.374 e. The second kappa shape index (κ2) is 4.56. The number of nitrogens with one attached hydrogen (secondary N) is 1. The first-order valence-electron chi connectivity index (χ1n) is 5.30. The molecular formula is C13H13N3S. The van der Waals surface area contributed by atoms with Crippen molar-refractivity contribution in [2.24, 2.45) is 0 Å². The zero-order valence-electron chi connectivity index (χ0n) is 9.77. The second-order valence-electron chi connectivity index (χ2n) is 4.28. The molecule has 1 heterocycles. The van der Waals surface area contributed by atoms with E-state index in [0.29, 0.717) is 5.56 Å². The van der Waals surface area contributed by atoms with Gasteiger partial charge < -0.3 is 5.32 Å². The summed E-state index contributed by atoms with van der Waals surface area (Å²) in [4.78, 5) is 4.32. The van der Waals surface area contributed by atoms with Crippen molar-refractivity contribution >= 4 is 17.0 Å². The molecule has 0 bridgehead atoms. The van der Waals surface area contributed by atoms with Crippen molar-refractivity contribution < 1.29 is 0 Å². The smallest absolute Gasteiger partial charge is 0.117 e. The zero-order chi connectivity index (χ0) is 12.3. The van der Waals surface area contributed by atoms with Gasteiger partial charge in [0.2, 0.25) is 0 Å². The fraction of sp³-hybridized carbons (Fsp3) is 0.231. The average Bonchev–Trinajstić information content (AvgIpc) is 2.84. The molecule has 1 N–H and O–H groups in total. The van der Waals surface area contributed by atoms with Crippen LogP contribution in [0.5, 0.6) is 0 Å². The number of nitrogens with zero attached hydrogens (tertiary/aromatic N) is 2. The number of aromatic nitrogens is 1. The van der Waals surface area contributed by atoms with Crippen LogP contribution in [-0.2, 0) is 5.54 Å². The maximum absolute atomic E-state index is 8.73. The Labute approximate surface area is 105 Å². The Morgan fingerprint density at radius 1 is 1.29 bits per heavy atom. The average molecular weight is 243 g/mol. The predicted octanol–water partition coefficient (Wildman–Crippen LogP) is 3.36. The highest BCUT2D eigenvalue weighted by Gasteiger charge is 2.22. The lowest BCUT2D eigenvalue weighted by atomic mass is 10.1. The molecule has 0 fully saturated rings. The monoisotopic (exact) mass is 243 g/mol. The maximum atomic E-state index is 8.73. The summed E-state index contributed by atoms with van der Waals surface area (Å²) < 4.78 is 0. The van der Waals surface area contributed by atoms with Crippen molar-refractivity contribution in [3.8, 4) is 6.07 Å². The number of hydrogen-bond acceptors (Lipinski definition) is 4. The first-order valence-corrected chi connectivity index (χ1v) is 6.18. The van der Waals surface area contributed by atoms with Crippen LogP contribution in [-0.4, -0.2) is 4.98 Å². The molecule has 0 aliphatic rings. The van der Waals surface area contributed by atoms with Crippen LogP contribution in [0.25, 0.3) is 0 Å². The Hall–Kier alpha value is -1.86. The third-order valence-corrected chi connectivity index (χ3v) is 3.53. The number of nitriles is 1. The molecule has 4 heteroatoms. The Morgan fingerprint density at radius 3 is 2.53 bits per heavy atom. The number of rotatable bonds is 3. The molecule has 86 valence electrons. The standard InChI is InChI=1S/C13H13N3S/c1-13(2,12-15-7-8-17-12)16-11-5-3-10(9-14)4-6-11/h3-8,16H,1-2H3. The Kier molecular flexibility index (Phi) is 3.12. The molecule has 0 aliphatic carbocycles. The number of thiazole rings is 1. The Balaban J connectivity index is 2.18. The van der Waals surface area contributed by atoms with Gasteiger partial charge in [0.15, 0.2) is 0 Å². The third-order valence-electron chi connectivity index (χ3n) is 2.44. The third kappa shape index (κ3) is 2.63. The zero-order valence-corrected chi connectivity index (χ0v) is 10.6. The van der Waals surface area contributed by atoms with E-state index in [2.05, 4.69) is 30.2 Å². The highest BCUT2D eigenvalue weighted by atomic mass is 32.1. The van der Waals surface area contributed by atoms with E-state index >= 15 is 0 Å². The van der Waals surface area contributed by atoms with Crippen LogP contribution >= 0.6 is 11.3 Å². The van der Waals surface area contributed by atoms with Crippen molar-refractivity contribution in [2.75, 3.05) is 5.32 Å². The lowest BCUT2D eigenvalue weighted by Crippen LogP contribution is -2.27. The van der Waals surface area contributed by atoms with Gasteiger partial charge in [0.25, 0.3) is 0 Å². The molecule has 0 saturated heterocycles. The van der Waals surface area contributed by atoms with Gasteiger partial charge in [-0.15, -0.1) is 11.3 Å². The molecule has 0 unspecified atom stereocenters. The Bertz CT molecular complexity index is 521. The summed E-state index contributed by atoms with van der Waals surface area (Å²) in [5.74, 6) is 0. The van der Waals surface area contributed by atoms with Crippen molar-refractivity contribution in [3.05, 3.63) is 46.4 Å². The van der Waals surface area contributed by atoms with Gasteiger partial charge in [-0.25, -0.2) is 4.98 Å². The van der Waals surface area contributed by atoms with E-state index in [1.165, 1.54) is 0 Å². The molecule has 0 atom stereocenters. The molecule has 2 aromatic rings. The van der Waals surface area contributed by atoms with Crippen LogP contribution in [0.2, 0.25) is 0 Å². The topological polar surface area (TPSA) is 48.7 Å². The summed E-state index contributed by atoms with van der Waals surface area (Å²) in [5, 5.41) is 15.2. The summed E-state index contributed by atoms with van der Waals surface area (Å²) in [6.45, 7) is 4.17. The van der Waals surface area contributed by atoms with Gasteiger partial charge in [0.1, 0.15) is 5.01 Å². The minimum Gasteiger partial charge on any atom is -0.374 e. The SMILES string of the molecule is CC(C)(Nc1ccc(C#N)cc1)c1nccs1. The number of benzene rings is 1. The van der Waals surface area contributed by atoms with Crippen molar-refractivity contribution in [3.63, 3.8) is 0 Å². The van der Waals surface area contributed by atoms with Gasteiger partial charge in [0, 0.05) is 17.3 Å². The molecular weight excluding hydrogens is 230 g/mol. The van der Waals surface area contributed by atoms with Gasteiger partial charge in [-0.05, 0) is 38.1 Å². The molecule has 1 aromatic heterocycles. The van der Waals surface area contributed by atoms with Gasteiger partial charge in [0.05, 0.1) is 17.2 Å². The second-order valence-corrected chi connectivity index (χ2v) is 5.17. The molecule has 0 radical (unpaired) electrons. The van der Waals surface area contributed by atoms with E-state index in [0.717, 1.165) is 10.7 Å². The minimum absolute atomic E-state index is 0.206. The van der Waals surface area contributed by atoms with E-state index in [1.807, 2.05) is 23.7 Å². The van der Waals surface area contributed by atoms with Gasteiger partial charge in [-0.3, -0.25) is 0 Å². The maximum Gasteiger partial charge on any atom is 0.117 e. The van der Waals surface area contributed by atoms with Crippen molar-refractivity contribution in [1.29, 1.82) is 5.26 Å². The lowest BCUT2D eigenvalue weighted by Gasteiger charge is -2.25. The van der Waals surface area contributed by atoms with Gasteiger partial charge >= 0.3 is 0 Å². The summed E-state index contributed by atoms with van der Waals surface area (Å²) in [6.07, 6.45) is 1.81. The van der Waals surface area contributed by atoms with Crippen LogP contribution in [0.3, 0.4) is 0 Å². The predicted molar refractivity (Wildman–Crippen MR) is 69.9 cm³/mol. The first kappa shape index (κ1) is 11.6. The summed E-state index contributed by atoms with van der Waals surface area (Å²) in [5.41, 5.74) is 1.45. The van der Waals surface area contributed by atoms with Crippen LogP contribution in [0.15, 0.2) is 35.8 Å². The van der Waals surface area contributed by atoms with E-state index in [9.17, 15) is 0 Å².